The standard InChI is InChI=1S/C15H20ClN5O2/c1-15(2,9-22)6-3-7-17-14(23)12-8-11(16)4-5-13(12)21-10-18-19-20-21/h4-5,8,10,22H,3,6-7,9H2,1-2H3,(H,17,23). The lowest BCUT2D eigenvalue weighted by Gasteiger charge is -2.21. The summed E-state index contributed by atoms with van der Waals surface area (Å²) in [7, 11) is 0. The predicted octanol–water partition coefficient (Wildman–Crippen LogP) is 1.84. The van der Waals surface area contributed by atoms with Gasteiger partial charge in [-0.3, -0.25) is 4.79 Å². The van der Waals surface area contributed by atoms with Crippen molar-refractivity contribution in [2.24, 2.45) is 5.41 Å². The molecule has 2 rings (SSSR count). The molecule has 0 atom stereocenters. The number of rotatable bonds is 7. The Morgan fingerprint density at radius 1 is 1.43 bits per heavy atom. The second kappa shape index (κ2) is 7.52. The normalized spacial score (nSPS) is 11.5. The third-order valence-electron chi connectivity index (χ3n) is 3.54. The second-order valence-corrected chi connectivity index (χ2v) is 6.53. The van der Waals surface area contributed by atoms with Crippen LogP contribution < -0.4 is 5.32 Å². The minimum atomic E-state index is -0.236. The van der Waals surface area contributed by atoms with Crippen LogP contribution in [0.3, 0.4) is 0 Å². The van der Waals surface area contributed by atoms with Crippen molar-refractivity contribution >= 4 is 17.5 Å². The first-order chi connectivity index (χ1) is 10.9. The molecule has 2 aromatic rings. The molecule has 0 aliphatic carbocycles. The number of aliphatic hydroxyl groups is 1. The van der Waals surface area contributed by atoms with E-state index in [0.717, 1.165) is 12.8 Å². The van der Waals surface area contributed by atoms with Crippen molar-refractivity contribution in [3.63, 3.8) is 0 Å². The summed E-state index contributed by atoms with van der Waals surface area (Å²) in [4.78, 5) is 12.4. The minimum absolute atomic E-state index is 0.124. The van der Waals surface area contributed by atoms with Gasteiger partial charge in [-0.15, -0.1) is 5.10 Å². The molecule has 0 aliphatic heterocycles. The van der Waals surface area contributed by atoms with E-state index in [9.17, 15) is 9.90 Å². The molecular formula is C15H20ClN5O2. The first kappa shape index (κ1) is 17.4. The number of carbonyl (C=O) groups is 1. The monoisotopic (exact) mass is 337 g/mol. The average Bonchev–Trinajstić information content (AvgIpc) is 3.05. The molecule has 0 saturated heterocycles. The Hall–Kier alpha value is -1.99. The number of hydrogen-bond acceptors (Lipinski definition) is 5. The highest BCUT2D eigenvalue weighted by Crippen LogP contribution is 2.21. The summed E-state index contributed by atoms with van der Waals surface area (Å²) in [6.07, 6.45) is 3.02. The molecule has 0 spiro atoms. The Kier molecular flexibility index (Phi) is 5.68. The fraction of sp³-hybridized carbons (Fsp3) is 0.467. The summed E-state index contributed by atoms with van der Waals surface area (Å²) >= 11 is 5.99. The van der Waals surface area contributed by atoms with Gasteiger partial charge < -0.3 is 10.4 Å². The molecule has 0 bridgehead atoms. The lowest BCUT2D eigenvalue weighted by atomic mass is 9.89. The number of halogens is 1. The van der Waals surface area contributed by atoms with Crippen LogP contribution in [0.1, 0.15) is 37.0 Å². The van der Waals surface area contributed by atoms with Gasteiger partial charge in [-0.1, -0.05) is 25.4 Å². The molecule has 2 N–H and O–H groups in total. The van der Waals surface area contributed by atoms with Gasteiger partial charge in [-0.25, -0.2) is 0 Å². The van der Waals surface area contributed by atoms with E-state index in [0.29, 0.717) is 22.8 Å². The molecule has 1 aromatic heterocycles. The molecule has 7 nitrogen and oxygen atoms in total. The molecule has 1 amide bonds. The van der Waals surface area contributed by atoms with E-state index in [1.54, 1.807) is 18.2 Å². The van der Waals surface area contributed by atoms with Crippen LogP contribution in [0.4, 0.5) is 0 Å². The average molecular weight is 338 g/mol. The molecule has 0 aliphatic rings. The molecule has 0 radical (unpaired) electrons. The highest BCUT2D eigenvalue weighted by atomic mass is 35.5. The lowest BCUT2D eigenvalue weighted by molar-refractivity contribution is 0.0948. The maximum atomic E-state index is 12.4. The van der Waals surface area contributed by atoms with Crippen LogP contribution in [0.2, 0.25) is 5.02 Å². The molecular weight excluding hydrogens is 318 g/mol. The summed E-state index contributed by atoms with van der Waals surface area (Å²) in [5.41, 5.74) is 0.831. The highest BCUT2D eigenvalue weighted by molar-refractivity contribution is 6.31. The van der Waals surface area contributed by atoms with E-state index in [4.69, 9.17) is 11.6 Å². The Labute approximate surface area is 139 Å². The summed E-state index contributed by atoms with van der Waals surface area (Å²) in [6.45, 7) is 4.62. The highest BCUT2D eigenvalue weighted by Gasteiger charge is 2.17. The van der Waals surface area contributed by atoms with Crippen LogP contribution in [-0.2, 0) is 0 Å². The zero-order valence-corrected chi connectivity index (χ0v) is 13.9. The van der Waals surface area contributed by atoms with Crippen LogP contribution in [0.5, 0.6) is 0 Å². The maximum absolute atomic E-state index is 12.4. The molecule has 0 unspecified atom stereocenters. The summed E-state index contributed by atoms with van der Waals surface area (Å²) in [5, 5.41) is 23.5. The number of amides is 1. The van der Waals surface area contributed by atoms with Crippen LogP contribution in [0, 0.1) is 5.41 Å². The van der Waals surface area contributed by atoms with Crippen LogP contribution in [0.25, 0.3) is 5.69 Å². The van der Waals surface area contributed by atoms with Crippen LogP contribution in [-0.4, -0.2) is 44.4 Å². The fourth-order valence-electron chi connectivity index (χ4n) is 2.10. The maximum Gasteiger partial charge on any atom is 0.253 e. The van der Waals surface area contributed by atoms with Crippen molar-refractivity contribution in [1.29, 1.82) is 0 Å². The zero-order valence-electron chi connectivity index (χ0n) is 13.2. The van der Waals surface area contributed by atoms with E-state index in [1.165, 1.54) is 11.0 Å². The molecule has 0 fully saturated rings. The summed E-state index contributed by atoms with van der Waals surface area (Å²) in [5.74, 6) is -0.236. The van der Waals surface area contributed by atoms with Gasteiger partial charge in [-0.2, -0.15) is 4.68 Å². The summed E-state index contributed by atoms with van der Waals surface area (Å²) in [6, 6.07) is 4.97. The number of aliphatic hydroxyl groups excluding tert-OH is 1. The number of aromatic nitrogens is 4. The molecule has 0 saturated carbocycles. The van der Waals surface area contributed by atoms with Gasteiger partial charge >= 0.3 is 0 Å². The van der Waals surface area contributed by atoms with Crippen molar-refractivity contribution < 1.29 is 9.90 Å². The number of carbonyl (C=O) groups excluding carboxylic acids is 1. The first-order valence-corrected chi connectivity index (χ1v) is 7.73. The quantitative estimate of drug-likeness (QED) is 0.752. The SMILES string of the molecule is CC(C)(CO)CCCNC(=O)c1cc(Cl)ccc1-n1cnnn1. The van der Waals surface area contributed by atoms with E-state index in [1.807, 2.05) is 13.8 Å². The number of hydrogen-bond donors (Lipinski definition) is 2. The van der Waals surface area contributed by atoms with Crippen molar-refractivity contribution in [3.8, 4) is 5.69 Å². The zero-order chi connectivity index (χ0) is 16.9. The van der Waals surface area contributed by atoms with Crippen LogP contribution >= 0.6 is 11.6 Å². The fourth-order valence-corrected chi connectivity index (χ4v) is 2.28. The minimum Gasteiger partial charge on any atom is -0.396 e. The molecule has 23 heavy (non-hydrogen) atoms. The Balaban J connectivity index is 2.03. The number of benzene rings is 1. The second-order valence-electron chi connectivity index (χ2n) is 6.10. The van der Waals surface area contributed by atoms with E-state index >= 15 is 0 Å². The number of tetrazole rings is 1. The molecule has 124 valence electrons. The van der Waals surface area contributed by atoms with Gasteiger partial charge in [0.25, 0.3) is 5.91 Å². The number of nitrogens with zero attached hydrogens (tertiary/aromatic N) is 4. The van der Waals surface area contributed by atoms with E-state index in [-0.39, 0.29) is 17.9 Å². The third kappa shape index (κ3) is 4.74. The smallest absolute Gasteiger partial charge is 0.253 e. The van der Waals surface area contributed by atoms with Crippen molar-refractivity contribution in [2.75, 3.05) is 13.2 Å². The first-order valence-electron chi connectivity index (χ1n) is 7.35. The van der Waals surface area contributed by atoms with Gasteiger partial charge in [0.15, 0.2) is 0 Å². The van der Waals surface area contributed by atoms with Gasteiger partial charge in [0.1, 0.15) is 6.33 Å². The van der Waals surface area contributed by atoms with Gasteiger partial charge in [-0.05, 0) is 46.9 Å². The Morgan fingerprint density at radius 3 is 2.87 bits per heavy atom. The largest absolute Gasteiger partial charge is 0.396 e. The number of nitrogens with one attached hydrogen (secondary N) is 1. The van der Waals surface area contributed by atoms with Gasteiger partial charge in [0.2, 0.25) is 0 Å². The predicted molar refractivity (Wildman–Crippen MR) is 86.6 cm³/mol. The lowest BCUT2D eigenvalue weighted by Crippen LogP contribution is -2.27. The van der Waals surface area contributed by atoms with E-state index < -0.39 is 0 Å². The van der Waals surface area contributed by atoms with Crippen molar-refractivity contribution in [2.45, 2.75) is 26.7 Å². The molecule has 1 aromatic carbocycles. The Bertz CT molecular complexity index is 658. The van der Waals surface area contributed by atoms with Gasteiger partial charge in [0.05, 0.1) is 11.3 Å². The topological polar surface area (TPSA) is 92.9 Å². The van der Waals surface area contributed by atoms with Crippen molar-refractivity contribution in [1.82, 2.24) is 25.5 Å². The van der Waals surface area contributed by atoms with Crippen LogP contribution in [0.15, 0.2) is 24.5 Å². The van der Waals surface area contributed by atoms with Crippen molar-refractivity contribution in [3.05, 3.63) is 35.1 Å². The van der Waals surface area contributed by atoms with Gasteiger partial charge in [0, 0.05) is 18.2 Å². The summed E-state index contributed by atoms with van der Waals surface area (Å²) < 4.78 is 1.42. The van der Waals surface area contributed by atoms with E-state index in [2.05, 4.69) is 20.8 Å². The molecule has 8 heteroatoms. The third-order valence-corrected chi connectivity index (χ3v) is 3.78. The Morgan fingerprint density at radius 2 is 2.22 bits per heavy atom. The molecule has 1 heterocycles.